The van der Waals surface area contributed by atoms with Crippen molar-refractivity contribution in [2.45, 2.75) is 19.4 Å². The topological polar surface area (TPSA) is 12.0 Å². The number of halogens is 1. The molecule has 18 heavy (non-hydrogen) atoms. The van der Waals surface area contributed by atoms with Crippen LogP contribution >= 0.6 is 11.6 Å². The van der Waals surface area contributed by atoms with Gasteiger partial charge in [-0.05, 0) is 36.2 Å². The molecule has 1 nitrogen and oxygen atoms in total. The third-order valence-corrected chi connectivity index (χ3v) is 3.60. The van der Waals surface area contributed by atoms with E-state index < -0.39 is 0 Å². The van der Waals surface area contributed by atoms with Gasteiger partial charge in [0.2, 0.25) is 0 Å². The summed E-state index contributed by atoms with van der Waals surface area (Å²) in [4.78, 5) is 0. The average Bonchev–Trinajstić information content (AvgIpc) is 2.42. The van der Waals surface area contributed by atoms with Gasteiger partial charge in [-0.15, -0.1) is 0 Å². The lowest BCUT2D eigenvalue weighted by atomic mass is 9.93. The normalized spacial score (nSPS) is 12.4. The van der Waals surface area contributed by atoms with Crippen LogP contribution in [0.15, 0.2) is 48.5 Å². The first kappa shape index (κ1) is 13.1. The van der Waals surface area contributed by atoms with Crippen LogP contribution in [0.5, 0.6) is 0 Å². The van der Waals surface area contributed by atoms with Crippen molar-refractivity contribution >= 4 is 11.6 Å². The molecule has 1 unspecified atom stereocenters. The first-order chi connectivity index (χ1) is 8.77. The molecule has 0 aliphatic rings. The van der Waals surface area contributed by atoms with Gasteiger partial charge in [-0.25, -0.2) is 0 Å². The third-order valence-electron chi connectivity index (χ3n) is 3.25. The van der Waals surface area contributed by atoms with E-state index in [0.717, 1.165) is 17.0 Å². The summed E-state index contributed by atoms with van der Waals surface area (Å²) in [5.74, 6) is 0. The van der Waals surface area contributed by atoms with Crippen molar-refractivity contribution in [2.24, 2.45) is 0 Å². The average molecular weight is 260 g/mol. The molecule has 94 valence electrons. The Balaban J connectivity index is 2.49. The zero-order valence-corrected chi connectivity index (χ0v) is 11.5. The van der Waals surface area contributed by atoms with Crippen LogP contribution in [0.1, 0.15) is 29.7 Å². The third kappa shape index (κ3) is 2.58. The van der Waals surface area contributed by atoms with Crippen molar-refractivity contribution in [3.05, 3.63) is 70.2 Å². The zero-order valence-electron chi connectivity index (χ0n) is 10.8. The van der Waals surface area contributed by atoms with E-state index >= 15 is 0 Å². The SMILES string of the molecule is CCc1ccccc1C(NC)c1ccccc1Cl. The lowest BCUT2D eigenvalue weighted by Crippen LogP contribution is -2.19. The Bertz CT molecular complexity index is 522. The van der Waals surface area contributed by atoms with Crippen LogP contribution in [0.4, 0.5) is 0 Å². The summed E-state index contributed by atoms with van der Waals surface area (Å²) in [6.45, 7) is 2.18. The molecule has 0 aliphatic heterocycles. The predicted molar refractivity (Wildman–Crippen MR) is 78.2 cm³/mol. The van der Waals surface area contributed by atoms with Gasteiger partial charge >= 0.3 is 0 Å². The second kappa shape index (κ2) is 6.03. The van der Waals surface area contributed by atoms with E-state index in [0.29, 0.717) is 0 Å². The fraction of sp³-hybridized carbons (Fsp3) is 0.250. The molecule has 2 aromatic carbocycles. The van der Waals surface area contributed by atoms with E-state index in [1.807, 2.05) is 25.2 Å². The van der Waals surface area contributed by atoms with Crippen LogP contribution < -0.4 is 5.32 Å². The molecule has 0 radical (unpaired) electrons. The van der Waals surface area contributed by atoms with Crippen molar-refractivity contribution in [1.82, 2.24) is 5.32 Å². The molecule has 0 aliphatic carbocycles. The molecule has 0 bridgehead atoms. The van der Waals surface area contributed by atoms with E-state index in [2.05, 4.69) is 42.6 Å². The second-order valence-corrected chi connectivity index (χ2v) is 4.70. The Morgan fingerprint density at radius 2 is 1.61 bits per heavy atom. The largest absolute Gasteiger partial charge is 0.309 e. The maximum absolute atomic E-state index is 6.30. The molecule has 0 fully saturated rings. The van der Waals surface area contributed by atoms with Gasteiger partial charge in [-0.1, -0.05) is 61.0 Å². The molecule has 2 heteroatoms. The van der Waals surface area contributed by atoms with Crippen molar-refractivity contribution in [1.29, 1.82) is 0 Å². The molecule has 1 atom stereocenters. The predicted octanol–water partition coefficient (Wildman–Crippen LogP) is 4.21. The summed E-state index contributed by atoms with van der Waals surface area (Å²) >= 11 is 6.30. The molecule has 2 aromatic rings. The van der Waals surface area contributed by atoms with Crippen molar-refractivity contribution in [2.75, 3.05) is 7.05 Å². The van der Waals surface area contributed by atoms with E-state index in [1.54, 1.807) is 0 Å². The highest BCUT2D eigenvalue weighted by Gasteiger charge is 2.16. The van der Waals surface area contributed by atoms with E-state index in [4.69, 9.17) is 11.6 Å². The molecule has 0 aromatic heterocycles. The van der Waals surface area contributed by atoms with Crippen LogP contribution in [0.2, 0.25) is 5.02 Å². The minimum absolute atomic E-state index is 0.148. The van der Waals surface area contributed by atoms with Crippen LogP contribution in [-0.4, -0.2) is 7.05 Å². The number of nitrogens with one attached hydrogen (secondary N) is 1. The van der Waals surface area contributed by atoms with Crippen molar-refractivity contribution in [3.63, 3.8) is 0 Å². The summed E-state index contributed by atoms with van der Waals surface area (Å²) in [6, 6.07) is 16.7. The lowest BCUT2D eigenvalue weighted by Gasteiger charge is -2.21. The monoisotopic (exact) mass is 259 g/mol. The Labute approximate surface area is 114 Å². The lowest BCUT2D eigenvalue weighted by molar-refractivity contribution is 0.684. The first-order valence-electron chi connectivity index (χ1n) is 6.27. The van der Waals surface area contributed by atoms with Crippen LogP contribution in [0.3, 0.4) is 0 Å². The number of aryl methyl sites for hydroxylation is 1. The van der Waals surface area contributed by atoms with Gasteiger partial charge in [0.1, 0.15) is 0 Å². The Morgan fingerprint density at radius 1 is 1.00 bits per heavy atom. The smallest absolute Gasteiger partial charge is 0.0591 e. The molecule has 2 rings (SSSR count). The summed E-state index contributed by atoms with van der Waals surface area (Å²) in [7, 11) is 1.97. The molecule has 0 spiro atoms. The Morgan fingerprint density at radius 3 is 2.22 bits per heavy atom. The highest BCUT2D eigenvalue weighted by atomic mass is 35.5. The van der Waals surface area contributed by atoms with Gasteiger partial charge in [-0.3, -0.25) is 0 Å². The standard InChI is InChI=1S/C16H18ClN/c1-3-12-8-4-5-9-13(12)16(18-2)14-10-6-7-11-15(14)17/h4-11,16,18H,3H2,1-2H3. The van der Waals surface area contributed by atoms with Crippen molar-refractivity contribution in [3.8, 4) is 0 Å². The molecule has 0 saturated heterocycles. The van der Waals surface area contributed by atoms with E-state index in [1.165, 1.54) is 11.1 Å². The van der Waals surface area contributed by atoms with Gasteiger partial charge in [0.15, 0.2) is 0 Å². The minimum atomic E-state index is 0.148. The second-order valence-electron chi connectivity index (χ2n) is 4.30. The van der Waals surface area contributed by atoms with Crippen molar-refractivity contribution < 1.29 is 0 Å². The van der Waals surface area contributed by atoms with Crippen LogP contribution in [-0.2, 0) is 6.42 Å². The van der Waals surface area contributed by atoms with Crippen LogP contribution in [0, 0.1) is 0 Å². The van der Waals surface area contributed by atoms with E-state index in [9.17, 15) is 0 Å². The van der Waals surface area contributed by atoms with Gasteiger partial charge in [-0.2, -0.15) is 0 Å². The minimum Gasteiger partial charge on any atom is -0.309 e. The highest BCUT2D eigenvalue weighted by molar-refractivity contribution is 6.31. The first-order valence-corrected chi connectivity index (χ1v) is 6.65. The molecule has 1 N–H and O–H groups in total. The molecule has 0 heterocycles. The van der Waals surface area contributed by atoms with Crippen LogP contribution in [0.25, 0.3) is 0 Å². The zero-order chi connectivity index (χ0) is 13.0. The molecular formula is C16H18ClN. The number of hydrogen-bond acceptors (Lipinski definition) is 1. The summed E-state index contributed by atoms with van der Waals surface area (Å²) < 4.78 is 0. The van der Waals surface area contributed by atoms with Gasteiger partial charge in [0.05, 0.1) is 6.04 Å². The summed E-state index contributed by atoms with van der Waals surface area (Å²) in [5.41, 5.74) is 3.79. The fourth-order valence-corrected chi connectivity index (χ4v) is 2.57. The molecule has 0 saturated carbocycles. The number of hydrogen-bond donors (Lipinski definition) is 1. The Kier molecular flexibility index (Phi) is 4.40. The molecule has 0 amide bonds. The maximum atomic E-state index is 6.30. The van der Waals surface area contributed by atoms with Gasteiger partial charge in [0.25, 0.3) is 0 Å². The van der Waals surface area contributed by atoms with Gasteiger partial charge < -0.3 is 5.32 Å². The Hall–Kier alpha value is -1.31. The van der Waals surface area contributed by atoms with Gasteiger partial charge in [0, 0.05) is 5.02 Å². The summed E-state index contributed by atoms with van der Waals surface area (Å²) in [6.07, 6.45) is 1.03. The number of rotatable bonds is 4. The fourth-order valence-electron chi connectivity index (χ4n) is 2.33. The maximum Gasteiger partial charge on any atom is 0.0591 e. The highest BCUT2D eigenvalue weighted by Crippen LogP contribution is 2.29. The quantitative estimate of drug-likeness (QED) is 0.867. The van der Waals surface area contributed by atoms with E-state index in [-0.39, 0.29) is 6.04 Å². The number of benzene rings is 2. The molecular weight excluding hydrogens is 242 g/mol. The summed E-state index contributed by atoms with van der Waals surface area (Å²) in [5, 5.41) is 4.17.